The maximum atomic E-state index is 6.11. The molecule has 0 aliphatic carbocycles. The second-order valence-corrected chi connectivity index (χ2v) is 5.78. The fraction of sp³-hybridized carbons (Fsp3) is 0.636. The minimum absolute atomic E-state index is 0.307. The van der Waals surface area contributed by atoms with Gasteiger partial charge in [0.1, 0.15) is 11.0 Å². The van der Waals surface area contributed by atoms with E-state index < -0.39 is 0 Å². The van der Waals surface area contributed by atoms with Gasteiger partial charge in [-0.1, -0.05) is 11.6 Å². The highest BCUT2D eigenvalue weighted by Gasteiger charge is 2.34. The molecule has 0 radical (unpaired) electrons. The van der Waals surface area contributed by atoms with Crippen LogP contribution < -0.4 is 0 Å². The molecule has 0 N–H and O–H groups in total. The summed E-state index contributed by atoms with van der Waals surface area (Å²) in [7, 11) is 0. The highest BCUT2D eigenvalue weighted by Crippen LogP contribution is 2.30. The molecule has 0 spiro atoms. The summed E-state index contributed by atoms with van der Waals surface area (Å²) in [5.74, 6) is 0.861. The van der Waals surface area contributed by atoms with Crippen molar-refractivity contribution in [2.75, 3.05) is 32.7 Å². The molecule has 1 aromatic rings. The molecular formula is C11H14BrClN4. The van der Waals surface area contributed by atoms with Crippen LogP contribution in [-0.2, 0) is 0 Å². The lowest BCUT2D eigenvalue weighted by Crippen LogP contribution is -2.57. The van der Waals surface area contributed by atoms with E-state index in [0.29, 0.717) is 11.2 Å². The summed E-state index contributed by atoms with van der Waals surface area (Å²) in [6.07, 6.45) is 0. The van der Waals surface area contributed by atoms with Crippen LogP contribution >= 0.6 is 27.5 Å². The number of halogens is 2. The van der Waals surface area contributed by atoms with E-state index in [2.05, 4.69) is 35.7 Å². The number of fused-ring (bicyclic) bond motifs is 3. The maximum absolute atomic E-state index is 6.11. The third-order valence-electron chi connectivity index (χ3n) is 3.57. The first-order valence-corrected chi connectivity index (χ1v) is 6.98. The Kier molecular flexibility index (Phi) is 3.11. The average molecular weight is 318 g/mol. The second-order valence-electron chi connectivity index (χ2n) is 4.62. The zero-order chi connectivity index (χ0) is 12.0. The first kappa shape index (κ1) is 11.8. The van der Waals surface area contributed by atoms with Crippen LogP contribution in [0.3, 0.4) is 0 Å². The van der Waals surface area contributed by atoms with Gasteiger partial charge >= 0.3 is 0 Å². The molecule has 1 atom stereocenters. The molecular weight excluding hydrogens is 304 g/mol. The SMILES string of the molecule is Cc1nc(C2CN3CCN2CC3)nc(Cl)c1Br. The van der Waals surface area contributed by atoms with Gasteiger partial charge in [0.05, 0.1) is 16.2 Å². The Morgan fingerprint density at radius 2 is 1.94 bits per heavy atom. The summed E-state index contributed by atoms with van der Waals surface area (Å²) in [6, 6.07) is 0.307. The number of nitrogens with zero attached hydrogens (tertiary/aromatic N) is 4. The fourth-order valence-electron chi connectivity index (χ4n) is 2.56. The molecule has 4 nitrogen and oxygen atoms in total. The quantitative estimate of drug-likeness (QED) is 0.740. The van der Waals surface area contributed by atoms with Crippen LogP contribution in [0.15, 0.2) is 4.47 Å². The average Bonchev–Trinajstić information content (AvgIpc) is 2.36. The number of hydrogen-bond acceptors (Lipinski definition) is 4. The fourth-order valence-corrected chi connectivity index (χ4v) is 2.96. The second kappa shape index (κ2) is 4.46. The summed E-state index contributed by atoms with van der Waals surface area (Å²) in [4.78, 5) is 13.9. The van der Waals surface area contributed by atoms with Gasteiger partial charge in [-0.05, 0) is 22.9 Å². The molecule has 3 aliphatic rings. The molecule has 3 saturated heterocycles. The van der Waals surface area contributed by atoms with Crippen LogP contribution in [0.1, 0.15) is 17.6 Å². The van der Waals surface area contributed by atoms with Crippen LogP contribution in [0.4, 0.5) is 0 Å². The van der Waals surface area contributed by atoms with Crippen molar-refractivity contribution >= 4 is 27.5 Å². The van der Waals surface area contributed by atoms with Crippen LogP contribution in [-0.4, -0.2) is 52.5 Å². The van der Waals surface area contributed by atoms with Gasteiger partial charge in [0, 0.05) is 32.7 Å². The Labute approximate surface area is 114 Å². The van der Waals surface area contributed by atoms with Crippen LogP contribution in [0, 0.1) is 6.92 Å². The topological polar surface area (TPSA) is 32.3 Å². The predicted molar refractivity (Wildman–Crippen MR) is 70.2 cm³/mol. The van der Waals surface area contributed by atoms with Gasteiger partial charge in [0.15, 0.2) is 0 Å². The third kappa shape index (κ3) is 2.10. The predicted octanol–water partition coefficient (Wildman–Crippen LogP) is 1.87. The zero-order valence-electron chi connectivity index (χ0n) is 9.66. The van der Waals surface area contributed by atoms with Crippen molar-refractivity contribution in [3.05, 3.63) is 21.1 Å². The van der Waals surface area contributed by atoms with Crippen molar-refractivity contribution in [1.82, 2.24) is 19.8 Å². The van der Waals surface area contributed by atoms with Crippen LogP contribution in [0.5, 0.6) is 0 Å². The van der Waals surface area contributed by atoms with Crippen LogP contribution in [0.25, 0.3) is 0 Å². The smallest absolute Gasteiger partial charge is 0.148 e. The van der Waals surface area contributed by atoms with E-state index in [0.717, 1.165) is 35.6 Å². The van der Waals surface area contributed by atoms with Gasteiger partial charge in [0.2, 0.25) is 0 Å². The molecule has 0 amide bonds. The van der Waals surface area contributed by atoms with Gasteiger partial charge in [-0.2, -0.15) is 0 Å². The molecule has 4 heterocycles. The Morgan fingerprint density at radius 3 is 2.47 bits per heavy atom. The van der Waals surface area contributed by atoms with Gasteiger partial charge in [-0.15, -0.1) is 0 Å². The molecule has 0 saturated carbocycles. The number of rotatable bonds is 1. The Balaban J connectivity index is 1.94. The van der Waals surface area contributed by atoms with Crippen LogP contribution in [0.2, 0.25) is 5.15 Å². The lowest BCUT2D eigenvalue weighted by atomic mass is 10.1. The van der Waals surface area contributed by atoms with E-state index in [9.17, 15) is 0 Å². The lowest BCUT2D eigenvalue weighted by molar-refractivity contribution is 0.00857. The van der Waals surface area contributed by atoms with Crippen molar-refractivity contribution in [1.29, 1.82) is 0 Å². The van der Waals surface area contributed by atoms with E-state index >= 15 is 0 Å². The largest absolute Gasteiger partial charge is 0.299 e. The Hall–Kier alpha value is -0.230. The van der Waals surface area contributed by atoms with Crippen molar-refractivity contribution in [3.63, 3.8) is 0 Å². The molecule has 1 unspecified atom stereocenters. The molecule has 3 fully saturated rings. The minimum Gasteiger partial charge on any atom is -0.299 e. The Morgan fingerprint density at radius 1 is 1.24 bits per heavy atom. The van der Waals surface area contributed by atoms with Gasteiger partial charge in [-0.25, -0.2) is 9.97 Å². The number of piperazine rings is 3. The standard InChI is InChI=1S/C11H14BrClN4/c1-7-9(12)10(13)15-11(14-7)8-6-16-2-4-17(8)5-3-16/h8H,2-6H2,1H3. The summed E-state index contributed by atoms with van der Waals surface area (Å²) in [5, 5.41) is 0.519. The van der Waals surface area contributed by atoms with Gasteiger partial charge in [0.25, 0.3) is 0 Å². The lowest BCUT2D eigenvalue weighted by Gasteiger charge is -2.46. The normalized spacial score (nSPS) is 31.8. The van der Waals surface area contributed by atoms with E-state index in [1.54, 1.807) is 0 Å². The molecule has 4 rings (SSSR count). The van der Waals surface area contributed by atoms with Gasteiger partial charge in [-0.3, -0.25) is 9.80 Å². The summed E-state index contributed by atoms with van der Waals surface area (Å²) in [5.41, 5.74) is 0.914. The number of aromatic nitrogens is 2. The number of aryl methyl sites for hydroxylation is 1. The minimum atomic E-state index is 0.307. The third-order valence-corrected chi connectivity index (χ3v) is 5.02. The van der Waals surface area contributed by atoms with E-state index in [-0.39, 0.29) is 0 Å². The highest BCUT2D eigenvalue weighted by atomic mass is 79.9. The molecule has 92 valence electrons. The van der Waals surface area contributed by atoms with E-state index in [4.69, 9.17) is 11.6 Å². The first-order chi connectivity index (χ1) is 8.15. The van der Waals surface area contributed by atoms with Crippen molar-refractivity contribution in [2.45, 2.75) is 13.0 Å². The molecule has 1 aromatic heterocycles. The molecule has 2 bridgehead atoms. The van der Waals surface area contributed by atoms with Gasteiger partial charge < -0.3 is 0 Å². The van der Waals surface area contributed by atoms with Crippen molar-refractivity contribution < 1.29 is 0 Å². The summed E-state index contributed by atoms with van der Waals surface area (Å²) >= 11 is 9.51. The van der Waals surface area contributed by atoms with E-state index in [1.165, 1.54) is 13.1 Å². The molecule has 6 heteroatoms. The van der Waals surface area contributed by atoms with Crippen molar-refractivity contribution in [2.24, 2.45) is 0 Å². The first-order valence-electron chi connectivity index (χ1n) is 5.81. The highest BCUT2D eigenvalue weighted by molar-refractivity contribution is 9.10. The van der Waals surface area contributed by atoms with E-state index in [1.807, 2.05) is 6.92 Å². The van der Waals surface area contributed by atoms with Crippen molar-refractivity contribution in [3.8, 4) is 0 Å². The zero-order valence-corrected chi connectivity index (χ0v) is 12.0. The molecule has 3 aliphatic heterocycles. The summed E-state index contributed by atoms with van der Waals surface area (Å²) in [6.45, 7) is 7.54. The maximum Gasteiger partial charge on any atom is 0.148 e. The molecule has 0 aromatic carbocycles. The monoisotopic (exact) mass is 316 g/mol. The molecule has 17 heavy (non-hydrogen) atoms. The number of hydrogen-bond donors (Lipinski definition) is 0. The summed E-state index contributed by atoms with van der Waals surface area (Å²) < 4.78 is 0.805. The Bertz CT molecular complexity index is 422.